The summed E-state index contributed by atoms with van der Waals surface area (Å²) >= 11 is 0. The van der Waals surface area contributed by atoms with Crippen LogP contribution in [-0.2, 0) is 4.74 Å². The Labute approximate surface area is 166 Å². The van der Waals surface area contributed by atoms with Crippen LogP contribution in [0.25, 0.3) is 0 Å². The van der Waals surface area contributed by atoms with E-state index in [1.54, 1.807) is 0 Å². The van der Waals surface area contributed by atoms with E-state index in [2.05, 4.69) is 44.7 Å². The first-order valence-corrected chi connectivity index (χ1v) is 10.8. The quantitative estimate of drug-likeness (QED) is 0.622. The molecule has 2 aliphatic carbocycles. The van der Waals surface area contributed by atoms with Gasteiger partial charge in [-0.2, -0.15) is 0 Å². The van der Waals surface area contributed by atoms with Gasteiger partial charge in [0.25, 0.3) is 0 Å². The summed E-state index contributed by atoms with van der Waals surface area (Å²) in [6.07, 6.45) is 16.4. The largest absolute Gasteiger partial charge is 0.390 e. The summed E-state index contributed by atoms with van der Waals surface area (Å²) in [4.78, 5) is 0. The number of ether oxygens (including phenoxy) is 1. The van der Waals surface area contributed by atoms with Gasteiger partial charge in [-0.3, -0.25) is 0 Å². The fraction of sp³-hybridized carbons (Fsp3) is 0.680. The molecule has 1 N–H and O–H groups in total. The third kappa shape index (κ3) is 4.66. The normalized spacial score (nSPS) is 35.2. The molecule has 0 amide bonds. The van der Waals surface area contributed by atoms with Crippen LogP contribution in [-0.4, -0.2) is 23.9 Å². The van der Waals surface area contributed by atoms with Gasteiger partial charge in [0, 0.05) is 0 Å². The lowest BCUT2D eigenvalue weighted by atomic mass is 9.62. The van der Waals surface area contributed by atoms with Crippen molar-refractivity contribution in [2.45, 2.75) is 71.8 Å². The topological polar surface area (TPSA) is 29.5 Å². The zero-order valence-corrected chi connectivity index (χ0v) is 17.8. The summed E-state index contributed by atoms with van der Waals surface area (Å²) in [5.74, 6) is 2.16. The SMILES string of the molecule is C=C1COC/C1=C/C=C1\C=CC[C@]2(C)[C@@H]([C@H](C)CCCC(C)(C)O)CC[C@@H]12. The zero-order chi connectivity index (χ0) is 19.7. The highest BCUT2D eigenvalue weighted by molar-refractivity contribution is 5.40. The summed E-state index contributed by atoms with van der Waals surface area (Å²) in [6, 6.07) is 0. The van der Waals surface area contributed by atoms with E-state index in [1.807, 2.05) is 13.8 Å². The molecule has 1 saturated carbocycles. The van der Waals surface area contributed by atoms with Crippen molar-refractivity contribution in [1.29, 1.82) is 0 Å². The lowest BCUT2D eigenvalue weighted by Crippen LogP contribution is -2.34. The molecule has 0 spiro atoms. The summed E-state index contributed by atoms with van der Waals surface area (Å²) < 4.78 is 5.49. The van der Waals surface area contributed by atoms with Gasteiger partial charge in [-0.25, -0.2) is 0 Å². The molecule has 3 rings (SSSR count). The Hall–Kier alpha value is -1.12. The number of hydrogen-bond donors (Lipinski definition) is 1. The van der Waals surface area contributed by atoms with E-state index in [9.17, 15) is 5.11 Å². The minimum absolute atomic E-state index is 0.371. The monoisotopic (exact) mass is 370 g/mol. The van der Waals surface area contributed by atoms with Gasteiger partial charge in [0.05, 0.1) is 18.8 Å². The molecule has 1 heterocycles. The van der Waals surface area contributed by atoms with Crippen LogP contribution >= 0.6 is 0 Å². The zero-order valence-electron chi connectivity index (χ0n) is 17.8. The predicted molar refractivity (Wildman–Crippen MR) is 114 cm³/mol. The van der Waals surface area contributed by atoms with Gasteiger partial charge >= 0.3 is 0 Å². The van der Waals surface area contributed by atoms with Crippen LogP contribution in [0.1, 0.15) is 66.2 Å². The van der Waals surface area contributed by atoms with Crippen LogP contribution in [0.2, 0.25) is 0 Å². The van der Waals surface area contributed by atoms with Crippen LogP contribution < -0.4 is 0 Å². The van der Waals surface area contributed by atoms with Crippen molar-refractivity contribution in [1.82, 2.24) is 0 Å². The summed E-state index contributed by atoms with van der Waals surface area (Å²) in [7, 11) is 0. The molecule has 0 aromatic rings. The van der Waals surface area contributed by atoms with Gasteiger partial charge in [0.1, 0.15) is 0 Å². The molecule has 0 unspecified atom stereocenters. The number of rotatable bonds is 6. The number of aliphatic hydroxyl groups is 1. The summed E-state index contributed by atoms with van der Waals surface area (Å²) in [6.45, 7) is 14.3. The van der Waals surface area contributed by atoms with Gasteiger partial charge in [0.2, 0.25) is 0 Å². The third-order valence-electron chi connectivity index (χ3n) is 7.28. The highest BCUT2D eigenvalue weighted by Gasteiger charge is 2.49. The van der Waals surface area contributed by atoms with E-state index >= 15 is 0 Å². The molecule has 1 saturated heterocycles. The van der Waals surface area contributed by atoms with Crippen molar-refractivity contribution in [3.05, 3.63) is 47.6 Å². The Bertz CT molecular complexity index is 646. The second-order valence-corrected chi connectivity index (χ2v) is 9.99. The van der Waals surface area contributed by atoms with E-state index < -0.39 is 5.60 Å². The fourth-order valence-corrected chi connectivity index (χ4v) is 5.68. The van der Waals surface area contributed by atoms with Gasteiger partial charge < -0.3 is 9.84 Å². The first-order chi connectivity index (χ1) is 12.7. The van der Waals surface area contributed by atoms with Crippen LogP contribution in [0.5, 0.6) is 0 Å². The highest BCUT2D eigenvalue weighted by Crippen LogP contribution is 2.58. The van der Waals surface area contributed by atoms with E-state index in [0.717, 1.165) is 30.3 Å². The van der Waals surface area contributed by atoms with Gasteiger partial charge in [-0.1, -0.05) is 57.6 Å². The lowest BCUT2D eigenvalue weighted by molar-refractivity contribution is 0.0625. The predicted octanol–water partition coefficient (Wildman–Crippen LogP) is 6.00. The van der Waals surface area contributed by atoms with E-state index in [1.165, 1.54) is 36.8 Å². The van der Waals surface area contributed by atoms with Gasteiger partial charge in [0.15, 0.2) is 0 Å². The summed E-state index contributed by atoms with van der Waals surface area (Å²) in [5, 5.41) is 10.00. The molecule has 150 valence electrons. The molecule has 2 nitrogen and oxygen atoms in total. The average molecular weight is 371 g/mol. The molecule has 0 bridgehead atoms. The first kappa shape index (κ1) is 20.6. The molecular weight excluding hydrogens is 332 g/mol. The van der Waals surface area contributed by atoms with Crippen LogP contribution in [0.4, 0.5) is 0 Å². The smallest absolute Gasteiger partial charge is 0.0724 e. The maximum Gasteiger partial charge on any atom is 0.0724 e. The van der Waals surface area contributed by atoms with Crippen molar-refractivity contribution in [3.8, 4) is 0 Å². The van der Waals surface area contributed by atoms with Crippen molar-refractivity contribution in [2.75, 3.05) is 13.2 Å². The molecule has 0 radical (unpaired) electrons. The average Bonchev–Trinajstić information content (AvgIpc) is 3.14. The number of fused-ring (bicyclic) bond motifs is 1. The third-order valence-corrected chi connectivity index (χ3v) is 7.28. The Morgan fingerprint density at radius 1 is 1.33 bits per heavy atom. The van der Waals surface area contributed by atoms with Crippen molar-refractivity contribution in [3.63, 3.8) is 0 Å². The van der Waals surface area contributed by atoms with E-state index in [-0.39, 0.29) is 0 Å². The maximum atomic E-state index is 10.00. The second kappa shape index (κ2) is 8.09. The van der Waals surface area contributed by atoms with Crippen molar-refractivity contribution >= 4 is 0 Å². The van der Waals surface area contributed by atoms with Crippen LogP contribution in [0, 0.1) is 23.2 Å². The van der Waals surface area contributed by atoms with Crippen molar-refractivity contribution < 1.29 is 9.84 Å². The van der Waals surface area contributed by atoms with Crippen LogP contribution in [0.3, 0.4) is 0 Å². The van der Waals surface area contributed by atoms with Crippen LogP contribution in [0.15, 0.2) is 47.6 Å². The molecule has 0 aromatic heterocycles. The van der Waals surface area contributed by atoms with Crippen molar-refractivity contribution in [2.24, 2.45) is 23.2 Å². The minimum atomic E-state index is -0.535. The second-order valence-electron chi connectivity index (χ2n) is 9.99. The standard InChI is InChI=1S/C25H38O2/c1-18(8-6-14-24(3,4)26)22-12-13-23-20(9-7-15-25(22,23)5)10-11-21-17-27-16-19(21)2/h7,9-11,18,22-23,26H,2,6,8,12-17H2,1,3-5H3/b20-10+,21-11-/t18-,22-,23+,25-/m1/s1. The maximum absolute atomic E-state index is 10.00. The van der Waals surface area contributed by atoms with Gasteiger partial charge in [-0.15, -0.1) is 0 Å². The lowest BCUT2D eigenvalue weighted by Gasteiger charge is -2.42. The van der Waals surface area contributed by atoms with E-state index in [4.69, 9.17) is 4.74 Å². The Morgan fingerprint density at radius 2 is 2.11 bits per heavy atom. The Morgan fingerprint density at radius 3 is 2.78 bits per heavy atom. The highest BCUT2D eigenvalue weighted by atomic mass is 16.5. The number of hydrogen-bond acceptors (Lipinski definition) is 2. The Balaban J connectivity index is 1.69. The Kier molecular flexibility index (Phi) is 6.17. The molecule has 2 heteroatoms. The molecule has 4 atom stereocenters. The molecule has 3 aliphatic rings. The first-order valence-electron chi connectivity index (χ1n) is 10.8. The van der Waals surface area contributed by atoms with Gasteiger partial charge in [-0.05, 0) is 79.4 Å². The molecule has 2 fully saturated rings. The molecule has 0 aromatic carbocycles. The molecule has 27 heavy (non-hydrogen) atoms. The van der Waals surface area contributed by atoms with E-state index in [0.29, 0.717) is 24.5 Å². The summed E-state index contributed by atoms with van der Waals surface area (Å²) in [5.41, 5.74) is 3.70. The minimum Gasteiger partial charge on any atom is -0.390 e. The fourth-order valence-electron chi connectivity index (χ4n) is 5.68. The molecule has 1 aliphatic heterocycles. The number of allylic oxidation sites excluding steroid dienone is 5. The molecular formula is C25H38O2.